The molecule has 2 aromatic heterocycles. The van der Waals surface area contributed by atoms with E-state index in [-0.39, 0.29) is 29.9 Å². The number of nitrogens with one attached hydrogen (secondary N) is 2. The maximum absolute atomic E-state index is 13.9. The highest BCUT2D eigenvalue weighted by molar-refractivity contribution is 5.84. The highest BCUT2D eigenvalue weighted by atomic mass is 16.2. The number of likely N-dealkylation sites (tertiary alicyclic amines) is 3. The average Bonchev–Trinajstić information content (AvgIpc) is 4.05. The van der Waals surface area contributed by atoms with Crippen LogP contribution in [0.1, 0.15) is 86.7 Å². The van der Waals surface area contributed by atoms with Crippen molar-refractivity contribution in [3.8, 4) is 33.6 Å². The van der Waals surface area contributed by atoms with Crippen molar-refractivity contribution >= 4 is 11.8 Å². The van der Waals surface area contributed by atoms with Gasteiger partial charge in [-0.3, -0.25) is 14.5 Å². The maximum atomic E-state index is 13.9. The Morgan fingerprint density at radius 3 is 1.74 bits per heavy atom. The Labute approximate surface area is 318 Å². The van der Waals surface area contributed by atoms with Crippen LogP contribution < -0.4 is 0 Å². The molecule has 2 N–H and O–H groups in total. The van der Waals surface area contributed by atoms with Crippen molar-refractivity contribution in [2.45, 2.75) is 69.5 Å². The van der Waals surface area contributed by atoms with Gasteiger partial charge < -0.3 is 24.7 Å². The van der Waals surface area contributed by atoms with E-state index < -0.39 is 0 Å². The molecule has 2 amide bonds. The second-order valence-corrected chi connectivity index (χ2v) is 15.4. The topological polar surface area (TPSA) is 104 Å². The molecule has 5 aromatic rings. The van der Waals surface area contributed by atoms with Crippen LogP contribution in [0.4, 0.5) is 0 Å². The predicted octanol–water partition coefficient (Wildman–Crippen LogP) is 7.64. The molecule has 5 heterocycles. The number of rotatable bonds is 11. The number of H-pyrrole nitrogens is 2. The summed E-state index contributed by atoms with van der Waals surface area (Å²) in [6.45, 7) is 4.63. The Bertz CT molecular complexity index is 2010. The molecule has 10 heteroatoms. The van der Waals surface area contributed by atoms with Crippen LogP contribution in [0.15, 0.2) is 91.3 Å². The Balaban J connectivity index is 0.900. The summed E-state index contributed by atoms with van der Waals surface area (Å²) in [7, 11) is 3.93. The van der Waals surface area contributed by atoms with Crippen LogP contribution in [-0.4, -0.2) is 98.2 Å². The highest BCUT2D eigenvalue weighted by Crippen LogP contribution is 2.36. The Hall–Kier alpha value is -5.06. The molecule has 3 fully saturated rings. The largest absolute Gasteiger partial charge is 0.340 e. The molecule has 3 saturated heterocycles. The van der Waals surface area contributed by atoms with Gasteiger partial charge in [0.15, 0.2) is 0 Å². The number of hydrogen-bond donors (Lipinski definition) is 2. The van der Waals surface area contributed by atoms with Crippen LogP contribution in [0.5, 0.6) is 0 Å². The van der Waals surface area contributed by atoms with Crippen LogP contribution >= 0.6 is 0 Å². The molecule has 0 aliphatic carbocycles. The molecule has 10 nitrogen and oxygen atoms in total. The van der Waals surface area contributed by atoms with Gasteiger partial charge in [-0.05, 0) is 93.5 Å². The van der Waals surface area contributed by atoms with Gasteiger partial charge in [-0.15, -0.1) is 0 Å². The minimum atomic E-state index is -0.335. The van der Waals surface area contributed by atoms with E-state index >= 15 is 0 Å². The van der Waals surface area contributed by atoms with Gasteiger partial charge in [0, 0.05) is 26.1 Å². The lowest BCUT2D eigenvalue weighted by molar-refractivity contribution is -0.137. The molecule has 0 bridgehead atoms. The first-order valence-corrected chi connectivity index (χ1v) is 19.8. The number of carbonyl (C=O) groups is 2. The molecule has 3 aliphatic rings. The maximum Gasteiger partial charge on any atom is 0.245 e. The second kappa shape index (κ2) is 16.1. The summed E-state index contributed by atoms with van der Waals surface area (Å²) in [5, 5.41) is 0. The number of likely N-dealkylation sites (N-methyl/N-ethyl adjacent to an activating group) is 1. The summed E-state index contributed by atoms with van der Waals surface area (Å²) in [4.78, 5) is 52.2. The zero-order valence-corrected chi connectivity index (χ0v) is 31.6. The number of benzene rings is 3. The second-order valence-electron chi connectivity index (χ2n) is 15.4. The average molecular weight is 725 g/mol. The molecule has 1 unspecified atom stereocenters. The molecule has 54 heavy (non-hydrogen) atoms. The molecule has 0 radical (unpaired) electrons. The van der Waals surface area contributed by atoms with Crippen molar-refractivity contribution in [2.75, 3.05) is 46.8 Å². The quantitative estimate of drug-likeness (QED) is 0.145. The number of nitrogens with zero attached hydrogens (tertiary/aromatic N) is 6. The van der Waals surface area contributed by atoms with Crippen LogP contribution in [0, 0.1) is 0 Å². The Morgan fingerprint density at radius 2 is 1.19 bits per heavy atom. The minimum Gasteiger partial charge on any atom is -0.340 e. The third-order valence-electron chi connectivity index (χ3n) is 11.6. The van der Waals surface area contributed by atoms with Crippen molar-refractivity contribution < 1.29 is 9.59 Å². The number of piperidine rings is 1. The summed E-state index contributed by atoms with van der Waals surface area (Å²) >= 11 is 0. The van der Waals surface area contributed by atoms with Crippen LogP contribution in [0.25, 0.3) is 33.6 Å². The van der Waals surface area contributed by atoms with E-state index in [2.05, 4.69) is 63.4 Å². The lowest BCUT2D eigenvalue weighted by Gasteiger charge is -2.31. The Morgan fingerprint density at radius 1 is 0.667 bits per heavy atom. The van der Waals surface area contributed by atoms with Gasteiger partial charge in [-0.2, -0.15) is 0 Å². The first-order chi connectivity index (χ1) is 26.4. The fraction of sp³-hybridized carbons (Fsp3) is 0.409. The molecule has 3 aromatic carbocycles. The summed E-state index contributed by atoms with van der Waals surface area (Å²) < 4.78 is 0. The first-order valence-electron chi connectivity index (χ1n) is 19.8. The van der Waals surface area contributed by atoms with E-state index in [9.17, 15) is 9.59 Å². The third-order valence-corrected chi connectivity index (χ3v) is 11.6. The van der Waals surface area contributed by atoms with Gasteiger partial charge >= 0.3 is 0 Å². The Kier molecular flexibility index (Phi) is 10.7. The summed E-state index contributed by atoms with van der Waals surface area (Å²) in [6, 6.07) is 26.7. The van der Waals surface area contributed by atoms with E-state index in [1.807, 2.05) is 71.5 Å². The molecule has 8 rings (SSSR count). The minimum absolute atomic E-state index is 0.0195. The SMILES string of the molecule is CN(C)[C@@H](C(=O)N1CCC[C@H]1c1ncc(-c2ccc(-c3ccc(-c4cnc(C5CCCN5C(=O)CCN5CCCCC5)[nH]4)cc3)cc2)[nH]1)c1ccccc1. The molecular formula is C44H52N8O2. The first kappa shape index (κ1) is 35.9. The lowest BCUT2D eigenvalue weighted by atomic mass is 10.0. The molecule has 3 atom stereocenters. The monoisotopic (exact) mass is 724 g/mol. The molecule has 280 valence electrons. The van der Waals surface area contributed by atoms with Gasteiger partial charge in [-0.25, -0.2) is 9.97 Å². The van der Waals surface area contributed by atoms with Crippen molar-refractivity contribution in [2.24, 2.45) is 0 Å². The van der Waals surface area contributed by atoms with Crippen molar-refractivity contribution in [3.63, 3.8) is 0 Å². The van der Waals surface area contributed by atoms with Gasteiger partial charge in [0.05, 0.1) is 35.9 Å². The van der Waals surface area contributed by atoms with Crippen LogP contribution in [0.2, 0.25) is 0 Å². The molecule has 3 aliphatic heterocycles. The fourth-order valence-electron chi connectivity index (χ4n) is 8.69. The van der Waals surface area contributed by atoms with Crippen molar-refractivity contribution in [1.29, 1.82) is 0 Å². The van der Waals surface area contributed by atoms with Crippen LogP contribution in [0.3, 0.4) is 0 Å². The number of hydrogen-bond acceptors (Lipinski definition) is 6. The van der Waals surface area contributed by atoms with Crippen molar-refractivity contribution in [3.05, 3.63) is 108 Å². The number of aromatic nitrogens is 4. The molecule has 0 spiro atoms. The van der Waals surface area contributed by atoms with E-state index in [0.717, 1.165) is 109 Å². The number of amides is 2. The van der Waals surface area contributed by atoms with E-state index in [0.29, 0.717) is 6.42 Å². The molecular weight excluding hydrogens is 673 g/mol. The fourth-order valence-corrected chi connectivity index (χ4v) is 8.69. The number of imidazole rings is 2. The van der Waals surface area contributed by atoms with Gasteiger partial charge in [-0.1, -0.05) is 85.3 Å². The lowest BCUT2D eigenvalue weighted by Crippen LogP contribution is -2.40. The summed E-state index contributed by atoms with van der Waals surface area (Å²) in [6.07, 6.45) is 12.0. The van der Waals surface area contributed by atoms with E-state index in [1.54, 1.807) is 0 Å². The number of aromatic amines is 2. The zero-order chi connectivity index (χ0) is 37.0. The van der Waals surface area contributed by atoms with Crippen molar-refractivity contribution in [1.82, 2.24) is 39.5 Å². The van der Waals surface area contributed by atoms with Gasteiger partial charge in [0.2, 0.25) is 11.8 Å². The zero-order valence-electron chi connectivity index (χ0n) is 31.6. The van der Waals surface area contributed by atoms with E-state index in [1.165, 1.54) is 19.3 Å². The molecule has 0 saturated carbocycles. The number of carbonyl (C=O) groups excluding carboxylic acids is 2. The standard InChI is InChI=1S/C44H52N8O2/c1-49(2)41(35-11-5-3-6-12-35)44(54)52-27-10-14-39(52)43-46-30-37(48-43)34-21-17-32(18-22-34)31-15-19-33(20-16-31)36-29-45-42(47-36)38-13-9-26-51(38)40(53)23-28-50-24-7-4-8-25-50/h3,5-6,11-12,15-22,29-30,38-39,41H,4,7-10,13-14,23-28H2,1-2H3,(H,45,47)(H,46,48)/t38?,39-,41+/m0/s1. The normalized spacial score (nSPS) is 19.8. The predicted molar refractivity (Wildman–Crippen MR) is 212 cm³/mol. The summed E-state index contributed by atoms with van der Waals surface area (Å²) in [5.41, 5.74) is 7.29. The summed E-state index contributed by atoms with van der Waals surface area (Å²) in [5.74, 6) is 2.07. The highest BCUT2D eigenvalue weighted by Gasteiger charge is 2.37. The van der Waals surface area contributed by atoms with Gasteiger partial charge in [0.25, 0.3) is 0 Å². The third kappa shape index (κ3) is 7.63. The van der Waals surface area contributed by atoms with E-state index in [4.69, 9.17) is 9.97 Å². The smallest absolute Gasteiger partial charge is 0.245 e. The van der Waals surface area contributed by atoms with Crippen LogP contribution in [-0.2, 0) is 9.59 Å². The van der Waals surface area contributed by atoms with Gasteiger partial charge in [0.1, 0.15) is 17.7 Å².